The molecule has 36 heavy (non-hydrogen) atoms. The molecule has 9 nitrogen and oxygen atoms in total. The second-order valence-corrected chi connectivity index (χ2v) is 9.09. The predicted octanol–water partition coefficient (Wildman–Crippen LogP) is 1.75. The summed E-state index contributed by atoms with van der Waals surface area (Å²) in [5.41, 5.74) is 1.35. The van der Waals surface area contributed by atoms with Crippen LogP contribution in [-0.4, -0.2) is 68.5 Å². The van der Waals surface area contributed by atoms with Crippen LogP contribution in [-0.2, 0) is 29.1 Å². The van der Waals surface area contributed by atoms with E-state index in [2.05, 4.69) is 15.5 Å². The van der Waals surface area contributed by atoms with E-state index in [1.807, 2.05) is 34.9 Å². The van der Waals surface area contributed by atoms with Crippen molar-refractivity contribution in [3.8, 4) is 0 Å². The number of aromatic nitrogens is 3. The summed E-state index contributed by atoms with van der Waals surface area (Å²) in [7, 11) is 0. The third-order valence-corrected chi connectivity index (χ3v) is 6.76. The van der Waals surface area contributed by atoms with Crippen molar-refractivity contribution in [2.75, 3.05) is 26.2 Å². The predicted molar refractivity (Wildman–Crippen MR) is 128 cm³/mol. The Morgan fingerprint density at radius 3 is 2.67 bits per heavy atom. The number of nitrogens with one attached hydrogen (secondary N) is 1. The molecule has 0 radical (unpaired) electrons. The van der Waals surface area contributed by atoms with E-state index in [1.165, 1.54) is 18.2 Å². The minimum absolute atomic E-state index is 0.000442. The third kappa shape index (κ3) is 5.12. The maximum atomic E-state index is 13.4. The summed E-state index contributed by atoms with van der Waals surface area (Å²) < 4.78 is 15.3. The van der Waals surface area contributed by atoms with Crippen LogP contribution in [0.5, 0.6) is 0 Å². The van der Waals surface area contributed by atoms with Crippen LogP contribution in [0.2, 0.25) is 0 Å². The normalized spacial score (nSPS) is 17.6. The number of likely N-dealkylation sites (tertiary alicyclic amines) is 1. The Morgan fingerprint density at radius 1 is 1.03 bits per heavy atom. The van der Waals surface area contributed by atoms with E-state index in [-0.39, 0.29) is 36.4 Å². The molecule has 1 fully saturated rings. The first kappa shape index (κ1) is 23.7. The molecule has 3 heterocycles. The molecule has 0 aliphatic carbocycles. The number of amides is 3. The van der Waals surface area contributed by atoms with Crippen molar-refractivity contribution >= 4 is 17.7 Å². The number of fused-ring (bicyclic) bond motifs is 1. The molecular formula is C26H27FN6O3. The molecule has 2 aliphatic rings. The third-order valence-electron chi connectivity index (χ3n) is 6.76. The van der Waals surface area contributed by atoms with Crippen LogP contribution in [0.15, 0.2) is 54.6 Å². The lowest BCUT2D eigenvalue weighted by molar-refractivity contribution is -0.138. The number of hydrogen-bond donors (Lipinski definition) is 1. The van der Waals surface area contributed by atoms with Crippen LogP contribution in [0.25, 0.3) is 0 Å². The maximum absolute atomic E-state index is 13.4. The van der Waals surface area contributed by atoms with Crippen molar-refractivity contribution in [1.82, 2.24) is 29.9 Å². The second kappa shape index (κ2) is 10.3. The van der Waals surface area contributed by atoms with Gasteiger partial charge in [-0.25, -0.2) is 4.39 Å². The van der Waals surface area contributed by atoms with Gasteiger partial charge in [0, 0.05) is 50.5 Å². The molecule has 0 saturated carbocycles. The standard InChI is InChI=1S/C26H27FN6O3/c27-21-8-4-7-19(13-21)26(36)28-15-23-30-29-22-9-10-31(11-12-33(22)23)25(35)17-32-16-20(14-24(32)34)18-5-2-1-3-6-18/h1-8,13,20H,9-12,14-17H2,(H,28,36). The van der Waals surface area contributed by atoms with Crippen molar-refractivity contribution in [2.45, 2.75) is 31.8 Å². The highest BCUT2D eigenvalue weighted by atomic mass is 19.1. The van der Waals surface area contributed by atoms with E-state index in [4.69, 9.17) is 0 Å². The zero-order chi connectivity index (χ0) is 25.1. The number of halogens is 1. The first-order valence-electron chi connectivity index (χ1n) is 12.0. The van der Waals surface area contributed by atoms with E-state index in [0.717, 1.165) is 11.4 Å². The Hall–Kier alpha value is -4.08. The minimum Gasteiger partial charge on any atom is -0.345 e. The molecule has 0 spiro atoms. The number of benzene rings is 2. The summed E-state index contributed by atoms with van der Waals surface area (Å²) in [6.07, 6.45) is 0.945. The largest absolute Gasteiger partial charge is 0.345 e. The first-order valence-corrected chi connectivity index (χ1v) is 12.0. The second-order valence-electron chi connectivity index (χ2n) is 9.09. The number of hydrogen-bond acceptors (Lipinski definition) is 5. The number of carbonyl (C=O) groups is 3. The Kier molecular flexibility index (Phi) is 6.75. The lowest BCUT2D eigenvalue weighted by Crippen LogP contribution is -2.42. The molecule has 0 bridgehead atoms. The summed E-state index contributed by atoms with van der Waals surface area (Å²) >= 11 is 0. The maximum Gasteiger partial charge on any atom is 0.251 e. The fourth-order valence-electron chi connectivity index (χ4n) is 4.79. The van der Waals surface area contributed by atoms with Crippen molar-refractivity contribution in [3.63, 3.8) is 0 Å². The SMILES string of the molecule is O=C(NCc1nnc2n1CCN(C(=O)CN1CC(c3ccccc3)CC1=O)CC2)c1cccc(F)c1. The molecular weight excluding hydrogens is 463 g/mol. The molecule has 2 aliphatic heterocycles. The molecule has 1 saturated heterocycles. The number of carbonyl (C=O) groups excluding carboxylic acids is 3. The Bertz CT molecular complexity index is 1280. The van der Waals surface area contributed by atoms with Crippen molar-refractivity contribution in [2.24, 2.45) is 0 Å². The van der Waals surface area contributed by atoms with Crippen LogP contribution in [0.3, 0.4) is 0 Å². The van der Waals surface area contributed by atoms with Gasteiger partial charge in [0.2, 0.25) is 11.8 Å². The van der Waals surface area contributed by atoms with Gasteiger partial charge in [0.1, 0.15) is 11.6 Å². The lowest BCUT2D eigenvalue weighted by Gasteiger charge is -2.24. The molecule has 1 N–H and O–H groups in total. The molecule has 3 aromatic rings. The zero-order valence-corrected chi connectivity index (χ0v) is 19.8. The molecule has 3 amide bonds. The Balaban J connectivity index is 1.16. The van der Waals surface area contributed by atoms with Gasteiger partial charge in [-0.15, -0.1) is 10.2 Å². The molecule has 10 heteroatoms. The highest BCUT2D eigenvalue weighted by Gasteiger charge is 2.33. The van der Waals surface area contributed by atoms with Gasteiger partial charge >= 0.3 is 0 Å². The quantitative estimate of drug-likeness (QED) is 0.568. The van der Waals surface area contributed by atoms with Crippen LogP contribution in [0.1, 0.15) is 39.9 Å². The van der Waals surface area contributed by atoms with Gasteiger partial charge in [0.05, 0.1) is 13.1 Å². The highest BCUT2D eigenvalue weighted by molar-refractivity contribution is 5.94. The average molecular weight is 491 g/mol. The smallest absolute Gasteiger partial charge is 0.251 e. The fraction of sp³-hybridized carbons (Fsp3) is 0.346. The minimum atomic E-state index is -0.477. The fourth-order valence-corrected chi connectivity index (χ4v) is 4.79. The van der Waals surface area contributed by atoms with E-state index < -0.39 is 11.7 Å². The van der Waals surface area contributed by atoms with E-state index in [1.54, 1.807) is 15.9 Å². The van der Waals surface area contributed by atoms with Gasteiger partial charge in [-0.2, -0.15) is 0 Å². The van der Waals surface area contributed by atoms with Crippen LogP contribution >= 0.6 is 0 Å². The lowest BCUT2D eigenvalue weighted by atomic mass is 9.99. The molecule has 2 aromatic carbocycles. The Labute approximate surface area is 207 Å². The first-order chi connectivity index (χ1) is 17.5. The summed E-state index contributed by atoms with van der Waals surface area (Å²) in [5.74, 6) is 0.455. The van der Waals surface area contributed by atoms with Crippen LogP contribution in [0, 0.1) is 5.82 Å². The van der Waals surface area contributed by atoms with E-state index in [9.17, 15) is 18.8 Å². The van der Waals surface area contributed by atoms with Crippen molar-refractivity contribution < 1.29 is 18.8 Å². The number of rotatable bonds is 6. The summed E-state index contributed by atoms with van der Waals surface area (Å²) in [4.78, 5) is 41.4. The monoisotopic (exact) mass is 490 g/mol. The van der Waals surface area contributed by atoms with Gasteiger partial charge in [-0.05, 0) is 23.8 Å². The summed E-state index contributed by atoms with van der Waals surface area (Å²) in [5, 5.41) is 11.2. The molecule has 5 rings (SSSR count). The molecule has 186 valence electrons. The Morgan fingerprint density at radius 2 is 1.86 bits per heavy atom. The van der Waals surface area contributed by atoms with Crippen molar-refractivity contribution in [3.05, 3.63) is 83.2 Å². The highest BCUT2D eigenvalue weighted by Crippen LogP contribution is 2.28. The summed E-state index contributed by atoms with van der Waals surface area (Å²) in [6, 6.07) is 15.4. The van der Waals surface area contributed by atoms with Gasteiger partial charge < -0.3 is 19.7 Å². The van der Waals surface area contributed by atoms with Gasteiger partial charge in [0.15, 0.2) is 5.82 Å². The van der Waals surface area contributed by atoms with Gasteiger partial charge in [-0.3, -0.25) is 14.4 Å². The topological polar surface area (TPSA) is 100 Å². The number of nitrogens with zero attached hydrogens (tertiary/aromatic N) is 5. The van der Waals surface area contributed by atoms with Gasteiger partial charge in [-0.1, -0.05) is 36.4 Å². The average Bonchev–Trinajstić information content (AvgIpc) is 3.37. The molecule has 1 unspecified atom stereocenters. The van der Waals surface area contributed by atoms with Gasteiger partial charge in [0.25, 0.3) is 5.91 Å². The van der Waals surface area contributed by atoms with E-state index in [0.29, 0.717) is 44.8 Å². The zero-order valence-electron chi connectivity index (χ0n) is 19.8. The summed E-state index contributed by atoms with van der Waals surface area (Å²) in [6.45, 7) is 2.18. The molecule has 1 aromatic heterocycles. The molecule has 1 atom stereocenters. The van der Waals surface area contributed by atoms with Crippen LogP contribution in [0.4, 0.5) is 4.39 Å². The van der Waals surface area contributed by atoms with E-state index >= 15 is 0 Å². The van der Waals surface area contributed by atoms with Crippen molar-refractivity contribution in [1.29, 1.82) is 0 Å². The van der Waals surface area contributed by atoms with Crippen LogP contribution < -0.4 is 5.32 Å².